The molecule has 0 radical (unpaired) electrons. The van der Waals surface area contributed by atoms with Gasteiger partial charge in [-0.3, -0.25) is 4.98 Å². The molecule has 3 aliphatic heterocycles. The van der Waals surface area contributed by atoms with Crippen molar-refractivity contribution in [3.63, 3.8) is 0 Å². The zero-order valence-corrected chi connectivity index (χ0v) is 24.3. The van der Waals surface area contributed by atoms with E-state index < -0.39 is 5.82 Å². The lowest BCUT2D eigenvalue weighted by Crippen LogP contribution is -2.51. The predicted octanol–water partition coefficient (Wildman–Crippen LogP) is 5.47. The number of benzene rings is 2. The number of aromatic nitrogens is 2. The first kappa shape index (κ1) is 26.7. The second-order valence-corrected chi connectivity index (χ2v) is 13.0. The van der Waals surface area contributed by atoms with Crippen LogP contribution in [0.4, 0.5) is 10.1 Å². The molecule has 3 saturated heterocycles. The lowest BCUT2D eigenvalue weighted by Gasteiger charge is -2.35. The van der Waals surface area contributed by atoms with E-state index in [1.54, 1.807) is 24.4 Å². The van der Waals surface area contributed by atoms with E-state index >= 15 is 0 Å². The average Bonchev–Trinajstić information content (AvgIpc) is 3.41. The second-order valence-electron chi connectivity index (χ2n) is 13.0. The van der Waals surface area contributed by atoms with E-state index in [4.69, 9.17) is 21.1 Å². The molecule has 220 valence electrons. The Morgan fingerprint density at radius 2 is 1.88 bits per heavy atom. The number of pyridine rings is 2. The fourth-order valence-electron chi connectivity index (χ4n) is 7.49. The summed E-state index contributed by atoms with van der Waals surface area (Å²) in [4.78, 5) is 14.9. The molecule has 2 atom stereocenters. The van der Waals surface area contributed by atoms with Gasteiger partial charge in [0.25, 0.3) is 0 Å². The van der Waals surface area contributed by atoms with E-state index in [1.165, 1.54) is 57.7 Å². The van der Waals surface area contributed by atoms with Crippen LogP contribution in [-0.2, 0) is 0 Å². The van der Waals surface area contributed by atoms with Crippen LogP contribution in [0.3, 0.4) is 0 Å². The molecule has 4 aromatic rings. The molecule has 2 aromatic heterocycles. The van der Waals surface area contributed by atoms with Crippen molar-refractivity contribution < 1.29 is 14.2 Å². The molecule has 2 aromatic carbocycles. The highest BCUT2D eigenvalue weighted by atomic mass is 19.1. The number of aromatic hydroxyl groups is 1. The molecule has 5 heterocycles. The van der Waals surface area contributed by atoms with Crippen molar-refractivity contribution in [1.82, 2.24) is 20.2 Å². The van der Waals surface area contributed by atoms with Crippen molar-refractivity contribution in [2.75, 3.05) is 44.2 Å². The number of rotatable bonds is 7. The van der Waals surface area contributed by atoms with Gasteiger partial charge in [0.2, 0.25) is 5.88 Å². The van der Waals surface area contributed by atoms with Gasteiger partial charge in [-0.25, -0.2) is 9.37 Å². The van der Waals surface area contributed by atoms with Gasteiger partial charge in [-0.1, -0.05) is 12.0 Å². The molecule has 43 heavy (non-hydrogen) atoms. The minimum absolute atomic E-state index is 0.0759. The molecule has 2 unspecified atom stereocenters. The zero-order chi connectivity index (χ0) is 29.1. The number of halogens is 1. The van der Waals surface area contributed by atoms with E-state index in [0.717, 1.165) is 30.8 Å². The molecule has 8 heteroatoms. The number of anilines is 1. The molecule has 1 saturated carbocycles. The van der Waals surface area contributed by atoms with Gasteiger partial charge in [0.15, 0.2) is 0 Å². The molecular formula is C35H36FN5O2. The number of likely N-dealkylation sites (tertiary alicyclic amines) is 1. The average molecular weight is 578 g/mol. The van der Waals surface area contributed by atoms with Crippen molar-refractivity contribution in [1.29, 1.82) is 0 Å². The van der Waals surface area contributed by atoms with Gasteiger partial charge >= 0.3 is 0 Å². The van der Waals surface area contributed by atoms with Crippen LogP contribution in [0.5, 0.6) is 11.6 Å². The van der Waals surface area contributed by atoms with Gasteiger partial charge in [0.05, 0.1) is 23.4 Å². The van der Waals surface area contributed by atoms with Crippen LogP contribution >= 0.6 is 0 Å². The molecule has 4 fully saturated rings. The number of hydrogen-bond acceptors (Lipinski definition) is 7. The van der Waals surface area contributed by atoms with Crippen molar-refractivity contribution in [3.8, 4) is 35.1 Å². The van der Waals surface area contributed by atoms with Gasteiger partial charge in [-0.2, -0.15) is 0 Å². The summed E-state index contributed by atoms with van der Waals surface area (Å²) >= 11 is 0. The van der Waals surface area contributed by atoms with Crippen molar-refractivity contribution >= 4 is 27.5 Å². The summed E-state index contributed by atoms with van der Waals surface area (Å²) in [7, 11) is 0. The van der Waals surface area contributed by atoms with Crippen LogP contribution in [0.15, 0.2) is 42.6 Å². The van der Waals surface area contributed by atoms with Crippen molar-refractivity contribution in [3.05, 3.63) is 54.0 Å². The topological polar surface area (TPSA) is 73.8 Å². The summed E-state index contributed by atoms with van der Waals surface area (Å²) in [5.41, 5.74) is 4.26. The SMILES string of the molecule is C#Cc1c(F)ccc2cc(O)cc(-c3cnc4c(N5CC6CCC(C5)N6)cc(OCC5(CN6CCCC6)CC5)nc4c3)c12. The molecule has 4 aliphatic rings. The van der Waals surface area contributed by atoms with Gasteiger partial charge in [-0.05, 0) is 86.8 Å². The van der Waals surface area contributed by atoms with Crippen LogP contribution in [0, 0.1) is 23.6 Å². The van der Waals surface area contributed by atoms with Crippen LogP contribution in [0.1, 0.15) is 44.1 Å². The molecular weight excluding hydrogens is 541 g/mol. The normalized spacial score (nSPS) is 22.7. The lowest BCUT2D eigenvalue weighted by molar-refractivity contribution is 0.175. The van der Waals surface area contributed by atoms with Gasteiger partial charge < -0.3 is 25.0 Å². The minimum Gasteiger partial charge on any atom is -0.508 e. The van der Waals surface area contributed by atoms with Crippen molar-refractivity contribution in [2.24, 2.45) is 5.41 Å². The Morgan fingerprint density at radius 1 is 1.09 bits per heavy atom. The number of fused-ring (bicyclic) bond motifs is 4. The maximum Gasteiger partial charge on any atom is 0.216 e. The summed E-state index contributed by atoms with van der Waals surface area (Å²) in [6, 6.07) is 11.2. The molecule has 2 bridgehead atoms. The number of terminal acetylenes is 1. The number of ether oxygens (including phenoxy) is 1. The van der Waals surface area contributed by atoms with E-state index in [0.29, 0.717) is 52.0 Å². The third-order valence-corrected chi connectivity index (χ3v) is 9.91. The Morgan fingerprint density at radius 3 is 2.63 bits per heavy atom. The minimum atomic E-state index is -0.469. The number of piperazine rings is 1. The van der Waals surface area contributed by atoms with Gasteiger partial charge in [0, 0.05) is 60.3 Å². The maximum absolute atomic E-state index is 14.8. The number of nitrogens with one attached hydrogen (secondary N) is 1. The Labute approximate surface area is 251 Å². The Balaban J connectivity index is 1.21. The summed E-state index contributed by atoms with van der Waals surface area (Å²) in [6.45, 7) is 5.96. The number of hydrogen-bond donors (Lipinski definition) is 2. The molecule has 8 rings (SSSR count). The molecule has 2 N–H and O–H groups in total. The third kappa shape index (κ3) is 4.95. The number of nitrogens with zero attached hydrogens (tertiary/aromatic N) is 4. The van der Waals surface area contributed by atoms with Gasteiger partial charge in [0.1, 0.15) is 17.1 Å². The first-order chi connectivity index (χ1) is 21.0. The summed E-state index contributed by atoms with van der Waals surface area (Å²) in [6.07, 6.45) is 14.9. The highest BCUT2D eigenvalue weighted by Gasteiger charge is 2.45. The smallest absolute Gasteiger partial charge is 0.216 e. The quantitative estimate of drug-likeness (QED) is 0.282. The van der Waals surface area contributed by atoms with Crippen LogP contribution in [0.25, 0.3) is 32.9 Å². The lowest BCUT2D eigenvalue weighted by atomic mass is 9.94. The van der Waals surface area contributed by atoms with Crippen LogP contribution in [-0.4, -0.2) is 71.4 Å². The first-order valence-electron chi connectivity index (χ1n) is 15.6. The summed E-state index contributed by atoms with van der Waals surface area (Å²) < 4.78 is 21.3. The zero-order valence-electron chi connectivity index (χ0n) is 24.3. The molecule has 1 aliphatic carbocycles. The summed E-state index contributed by atoms with van der Waals surface area (Å²) in [5.74, 6) is 2.73. The standard InChI is InChI=1S/C35H36FN5O2/c1-2-27-29(36)8-5-22-13-26(42)15-28(33(22)27)23-14-30-34(37-17-23)31(41-18-24-6-7-25(19-41)38-24)16-32(39-30)43-21-35(9-10-35)20-40-11-3-4-12-40/h1,5,8,13-17,24-25,38,42H,3-4,6-7,9-12,18-21H2. The maximum atomic E-state index is 14.8. The van der Waals surface area contributed by atoms with Crippen LogP contribution < -0.4 is 15.0 Å². The highest BCUT2D eigenvalue weighted by Crippen LogP contribution is 2.47. The largest absolute Gasteiger partial charge is 0.508 e. The monoisotopic (exact) mass is 577 g/mol. The Kier molecular flexibility index (Phi) is 6.43. The first-order valence-corrected chi connectivity index (χ1v) is 15.6. The second kappa shape index (κ2) is 10.4. The van der Waals surface area contributed by atoms with E-state index in [2.05, 4.69) is 27.1 Å². The molecule has 0 amide bonds. The van der Waals surface area contributed by atoms with Gasteiger partial charge in [-0.15, -0.1) is 6.42 Å². The fourth-order valence-corrected chi connectivity index (χ4v) is 7.49. The highest BCUT2D eigenvalue weighted by molar-refractivity contribution is 6.03. The predicted molar refractivity (Wildman–Crippen MR) is 167 cm³/mol. The Bertz CT molecular complexity index is 1760. The van der Waals surface area contributed by atoms with E-state index in [1.807, 2.05) is 6.07 Å². The summed E-state index contributed by atoms with van der Waals surface area (Å²) in [5, 5.41) is 15.5. The number of phenols is 1. The van der Waals surface area contributed by atoms with Crippen LogP contribution in [0.2, 0.25) is 0 Å². The Hall–Kier alpha value is -3.93. The molecule has 7 nitrogen and oxygen atoms in total. The number of phenolic OH excluding ortho intramolecular Hbond substituents is 1. The van der Waals surface area contributed by atoms with E-state index in [9.17, 15) is 9.50 Å². The third-order valence-electron chi connectivity index (χ3n) is 9.91. The fraction of sp³-hybridized carbons (Fsp3) is 0.429. The van der Waals surface area contributed by atoms with Crippen molar-refractivity contribution in [2.45, 2.75) is 50.6 Å². The van der Waals surface area contributed by atoms with E-state index in [-0.39, 0.29) is 16.7 Å². The molecule has 0 spiro atoms.